The zero-order chi connectivity index (χ0) is 18.2. The van der Waals surface area contributed by atoms with Crippen LogP contribution in [0.2, 0.25) is 0 Å². The minimum absolute atomic E-state index is 0.0683. The number of hydrogen-bond donors (Lipinski definition) is 0. The van der Waals surface area contributed by atoms with Gasteiger partial charge in [-0.2, -0.15) is 0 Å². The van der Waals surface area contributed by atoms with E-state index in [1.807, 2.05) is 48.5 Å². The SMILES string of the molecule is COc1ccc(SCCC(=O)N(Cc2ccco2)Cc2ccco2)cc1. The molecule has 0 aliphatic heterocycles. The topological polar surface area (TPSA) is 55.8 Å². The molecule has 0 aliphatic carbocycles. The quantitative estimate of drug-likeness (QED) is 0.515. The molecule has 3 rings (SSSR count). The zero-order valence-electron chi connectivity index (χ0n) is 14.6. The Morgan fingerprint density at radius 3 is 2.12 bits per heavy atom. The molecular formula is C20H21NO4S. The predicted molar refractivity (Wildman–Crippen MR) is 100 cm³/mol. The lowest BCUT2D eigenvalue weighted by atomic mass is 10.3. The monoisotopic (exact) mass is 371 g/mol. The molecule has 136 valence electrons. The molecular weight excluding hydrogens is 350 g/mol. The maximum Gasteiger partial charge on any atom is 0.224 e. The number of methoxy groups -OCH3 is 1. The second kappa shape index (κ2) is 9.20. The Hall–Kier alpha value is -2.60. The van der Waals surface area contributed by atoms with Crippen LogP contribution in [0.4, 0.5) is 0 Å². The lowest BCUT2D eigenvalue weighted by Gasteiger charge is -2.20. The number of ether oxygens (including phenoxy) is 1. The molecule has 6 heteroatoms. The van der Waals surface area contributed by atoms with Crippen molar-refractivity contribution in [1.82, 2.24) is 4.90 Å². The number of carbonyl (C=O) groups is 1. The van der Waals surface area contributed by atoms with Crippen LogP contribution in [-0.2, 0) is 17.9 Å². The van der Waals surface area contributed by atoms with Crippen LogP contribution in [0.5, 0.6) is 5.75 Å². The first-order valence-electron chi connectivity index (χ1n) is 8.34. The van der Waals surface area contributed by atoms with Gasteiger partial charge in [0.25, 0.3) is 0 Å². The van der Waals surface area contributed by atoms with Gasteiger partial charge in [0.15, 0.2) is 0 Å². The van der Waals surface area contributed by atoms with E-state index in [1.54, 1.807) is 36.3 Å². The molecule has 1 aromatic carbocycles. The number of furan rings is 2. The largest absolute Gasteiger partial charge is 0.497 e. The standard InChI is InChI=1S/C20H21NO4S/c1-23-16-6-8-19(9-7-16)26-13-10-20(22)21(14-17-4-2-11-24-17)15-18-5-3-12-25-18/h2-9,11-12H,10,13-15H2,1H3. The minimum atomic E-state index is 0.0683. The Bertz CT molecular complexity index is 746. The van der Waals surface area contributed by atoms with E-state index in [2.05, 4.69) is 0 Å². The fraction of sp³-hybridized carbons (Fsp3) is 0.250. The Morgan fingerprint density at radius 2 is 1.62 bits per heavy atom. The summed E-state index contributed by atoms with van der Waals surface area (Å²) in [6.45, 7) is 0.861. The van der Waals surface area contributed by atoms with E-state index in [9.17, 15) is 4.79 Å². The van der Waals surface area contributed by atoms with Crippen LogP contribution in [-0.4, -0.2) is 23.7 Å². The third-order valence-corrected chi connectivity index (χ3v) is 4.86. The molecule has 0 spiro atoms. The van der Waals surface area contributed by atoms with Crippen molar-refractivity contribution in [2.75, 3.05) is 12.9 Å². The Morgan fingerprint density at radius 1 is 1.00 bits per heavy atom. The molecule has 0 radical (unpaired) electrons. The van der Waals surface area contributed by atoms with Gasteiger partial charge in [0, 0.05) is 17.1 Å². The number of benzene rings is 1. The molecule has 2 heterocycles. The van der Waals surface area contributed by atoms with E-state index in [1.165, 1.54) is 0 Å². The van der Waals surface area contributed by atoms with Gasteiger partial charge in [-0.1, -0.05) is 0 Å². The second-order valence-corrected chi connectivity index (χ2v) is 6.85. The van der Waals surface area contributed by atoms with Crippen LogP contribution in [0.1, 0.15) is 17.9 Å². The lowest BCUT2D eigenvalue weighted by Crippen LogP contribution is -2.30. The molecule has 2 aromatic heterocycles. The highest BCUT2D eigenvalue weighted by Gasteiger charge is 2.17. The van der Waals surface area contributed by atoms with E-state index in [0.29, 0.717) is 25.3 Å². The van der Waals surface area contributed by atoms with E-state index < -0.39 is 0 Å². The summed E-state index contributed by atoms with van der Waals surface area (Å²) < 4.78 is 15.9. The van der Waals surface area contributed by atoms with Gasteiger partial charge in [-0.05, 0) is 48.5 Å². The smallest absolute Gasteiger partial charge is 0.224 e. The normalized spacial score (nSPS) is 10.7. The van der Waals surface area contributed by atoms with Crippen molar-refractivity contribution in [3.8, 4) is 5.75 Å². The first-order valence-corrected chi connectivity index (χ1v) is 9.32. The number of hydrogen-bond acceptors (Lipinski definition) is 5. The molecule has 0 saturated heterocycles. The molecule has 1 amide bonds. The van der Waals surface area contributed by atoms with Crippen LogP contribution in [0.3, 0.4) is 0 Å². The second-order valence-electron chi connectivity index (χ2n) is 5.68. The number of carbonyl (C=O) groups excluding carboxylic acids is 1. The summed E-state index contributed by atoms with van der Waals surface area (Å²) in [5, 5.41) is 0. The van der Waals surface area contributed by atoms with E-state index >= 15 is 0 Å². The van der Waals surface area contributed by atoms with Crippen molar-refractivity contribution in [1.29, 1.82) is 0 Å². The molecule has 3 aromatic rings. The third kappa shape index (κ3) is 5.20. The first kappa shape index (κ1) is 18.2. The Balaban J connectivity index is 1.55. The molecule has 0 N–H and O–H groups in total. The van der Waals surface area contributed by atoms with Crippen LogP contribution >= 0.6 is 11.8 Å². The molecule has 0 aliphatic rings. The summed E-state index contributed by atoms with van der Waals surface area (Å²) in [6, 6.07) is 15.2. The van der Waals surface area contributed by atoms with Crippen molar-refractivity contribution in [3.05, 3.63) is 72.6 Å². The zero-order valence-corrected chi connectivity index (χ0v) is 15.4. The van der Waals surface area contributed by atoms with Gasteiger partial charge < -0.3 is 18.5 Å². The number of thioether (sulfide) groups is 1. The van der Waals surface area contributed by atoms with Crippen LogP contribution in [0.25, 0.3) is 0 Å². The number of nitrogens with zero attached hydrogens (tertiary/aromatic N) is 1. The molecule has 26 heavy (non-hydrogen) atoms. The lowest BCUT2D eigenvalue weighted by molar-refractivity contribution is -0.132. The van der Waals surface area contributed by atoms with Crippen LogP contribution in [0.15, 0.2) is 74.8 Å². The highest BCUT2D eigenvalue weighted by atomic mass is 32.2. The first-order chi connectivity index (χ1) is 12.7. The van der Waals surface area contributed by atoms with Gasteiger partial charge in [0.1, 0.15) is 17.3 Å². The molecule has 0 saturated carbocycles. The van der Waals surface area contributed by atoms with Crippen LogP contribution < -0.4 is 4.74 Å². The third-order valence-electron chi connectivity index (χ3n) is 3.85. The highest BCUT2D eigenvalue weighted by molar-refractivity contribution is 7.99. The van der Waals surface area contributed by atoms with Crippen molar-refractivity contribution >= 4 is 17.7 Å². The molecule has 0 unspecified atom stereocenters. The predicted octanol–water partition coefficient (Wildman–Crippen LogP) is 4.59. The van der Waals surface area contributed by atoms with E-state index in [0.717, 1.165) is 22.2 Å². The van der Waals surface area contributed by atoms with E-state index in [-0.39, 0.29) is 5.91 Å². The van der Waals surface area contributed by atoms with Gasteiger partial charge in [-0.3, -0.25) is 4.79 Å². The molecule has 0 fully saturated rings. The van der Waals surface area contributed by atoms with Crippen LogP contribution in [0, 0.1) is 0 Å². The average molecular weight is 371 g/mol. The number of amides is 1. The summed E-state index contributed by atoms with van der Waals surface area (Å²) in [6.07, 6.45) is 3.67. The van der Waals surface area contributed by atoms with Gasteiger partial charge >= 0.3 is 0 Å². The maximum absolute atomic E-state index is 12.7. The Labute approximate surface area is 156 Å². The summed E-state index contributed by atoms with van der Waals surface area (Å²) in [5.74, 6) is 3.12. The summed E-state index contributed by atoms with van der Waals surface area (Å²) >= 11 is 1.65. The maximum atomic E-state index is 12.7. The average Bonchev–Trinajstić information content (AvgIpc) is 3.36. The van der Waals surface area contributed by atoms with Crippen molar-refractivity contribution in [2.24, 2.45) is 0 Å². The fourth-order valence-corrected chi connectivity index (χ4v) is 3.34. The van der Waals surface area contributed by atoms with Gasteiger partial charge in [0.05, 0.1) is 32.7 Å². The van der Waals surface area contributed by atoms with Crippen molar-refractivity contribution < 1.29 is 18.4 Å². The molecule has 0 bridgehead atoms. The molecule has 5 nitrogen and oxygen atoms in total. The summed E-state index contributed by atoms with van der Waals surface area (Å²) in [5.41, 5.74) is 0. The summed E-state index contributed by atoms with van der Waals surface area (Å²) in [7, 11) is 1.65. The van der Waals surface area contributed by atoms with Gasteiger partial charge in [0.2, 0.25) is 5.91 Å². The summed E-state index contributed by atoms with van der Waals surface area (Å²) in [4.78, 5) is 15.6. The fourth-order valence-electron chi connectivity index (χ4n) is 2.50. The van der Waals surface area contributed by atoms with Crippen molar-refractivity contribution in [3.63, 3.8) is 0 Å². The highest BCUT2D eigenvalue weighted by Crippen LogP contribution is 2.22. The Kier molecular flexibility index (Phi) is 6.44. The van der Waals surface area contributed by atoms with E-state index in [4.69, 9.17) is 13.6 Å². The minimum Gasteiger partial charge on any atom is -0.497 e. The number of rotatable bonds is 9. The van der Waals surface area contributed by atoms with Crippen molar-refractivity contribution in [2.45, 2.75) is 24.4 Å². The van der Waals surface area contributed by atoms with Gasteiger partial charge in [-0.25, -0.2) is 0 Å². The van der Waals surface area contributed by atoms with Gasteiger partial charge in [-0.15, -0.1) is 11.8 Å². The molecule has 0 atom stereocenters.